The van der Waals surface area contributed by atoms with Crippen molar-refractivity contribution in [3.05, 3.63) is 67.8 Å². The van der Waals surface area contributed by atoms with E-state index < -0.39 is 0 Å². The number of anilines is 1. The van der Waals surface area contributed by atoms with Crippen LogP contribution in [0.1, 0.15) is 18.8 Å². The summed E-state index contributed by atoms with van der Waals surface area (Å²) in [4.78, 5) is 27.7. The third kappa shape index (κ3) is 3.08. The Morgan fingerprint density at radius 2 is 2.13 bits per heavy atom. The Morgan fingerprint density at radius 1 is 1.27 bits per heavy atom. The fourth-order valence-corrected chi connectivity index (χ4v) is 5.13. The first-order valence-corrected chi connectivity index (χ1v) is 10.9. The fourth-order valence-electron chi connectivity index (χ4n) is 3.32. The lowest BCUT2D eigenvalue weighted by Crippen LogP contribution is -2.28. The van der Waals surface area contributed by atoms with Crippen LogP contribution in [-0.2, 0) is 0 Å². The minimum absolute atomic E-state index is 0.275. The van der Waals surface area contributed by atoms with Crippen LogP contribution in [-0.4, -0.2) is 29.7 Å². The van der Waals surface area contributed by atoms with E-state index in [9.17, 15) is 4.79 Å². The van der Waals surface area contributed by atoms with Gasteiger partial charge in [0, 0.05) is 15.9 Å². The molecule has 5 aromatic rings. The normalized spacial score (nSPS) is 12.5. The maximum Gasteiger partial charge on any atom is 0.268 e. The first kappa shape index (κ1) is 19.2. The Labute approximate surface area is 187 Å². The van der Waals surface area contributed by atoms with Gasteiger partial charge in [-0.2, -0.15) is 5.10 Å². The van der Waals surface area contributed by atoms with E-state index in [0.717, 1.165) is 14.7 Å². The van der Waals surface area contributed by atoms with Crippen LogP contribution in [0.2, 0.25) is 5.02 Å². The first-order chi connectivity index (χ1) is 14.5. The van der Waals surface area contributed by atoms with Gasteiger partial charge in [-0.05, 0) is 35.0 Å². The Morgan fingerprint density at radius 3 is 2.93 bits per heavy atom. The lowest BCUT2D eigenvalue weighted by Gasteiger charge is -2.19. The number of hydrogen-bond acceptors (Lipinski definition) is 7. The van der Waals surface area contributed by atoms with Gasteiger partial charge >= 0.3 is 0 Å². The van der Waals surface area contributed by atoms with Crippen molar-refractivity contribution < 1.29 is 0 Å². The topological polar surface area (TPSA) is 101 Å². The van der Waals surface area contributed by atoms with Crippen molar-refractivity contribution in [3.63, 3.8) is 0 Å². The summed E-state index contributed by atoms with van der Waals surface area (Å²) in [7, 11) is 0. The standard InChI is InChI=1S/C19H13BrClN7OS/c1-9(25-16-14-10(20)7-30-18(14)23-8-22-16)17-26-12-4-2-3-11(21)15(12)19(29)28(17)13-5-6-24-27-13/h2-9H,1H3,(H,24,27)(H,22,23,25). The molecule has 0 aliphatic carbocycles. The zero-order valence-electron chi connectivity index (χ0n) is 15.4. The molecule has 1 unspecified atom stereocenters. The number of benzene rings is 1. The predicted octanol–water partition coefficient (Wildman–Crippen LogP) is 4.70. The number of H-pyrrole nitrogens is 1. The number of nitrogens with zero attached hydrogens (tertiary/aromatic N) is 5. The number of aromatic amines is 1. The highest BCUT2D eigenvalue weighted by Gasteiger charge is 2.21. The Balaban J connectivity index is 1.70. The number of nitrogens with one attached hydrogen (secondary N) is 2. The minimum atomic E-state index is -0.366. The zero-order valence-corrected chi connectivity index (χ0v) is 18.6. The van der Waals surface area contributed by atoms with Gasteiger partial charge in [0.25, 0.3) is 5.56 Å². The first-order valence-electron chi connectivity index (χ1n) is 8.89. The van der Waals surface area contributed by atoms with Crippen molar-refractivity contribution in [2.45, 2.75) is 13.0 Å². The third-order valence-corrected chi connectivity index (χ3v) is 6.80. The summed E-state index contributed by atoms with van der Waals surface area (Å²) in [6.07, 6.45) is 3.09. The molecule has 0 amide bonds. The zero-order chi connectivity index (χ0) is 20.8. The van der Waals surface area contributed by atoms with Gasteiger partial charge in [0.15, 0.2) is 0 Å². The molecule has 0 bridgehead atoms. The summed E-state index contributed by atoms with van der Waals surface area (Å²) in [5.74, 6) is 1.65. The lowest BCUT2D eigenvalue weighted by atomic mass is 10.2. The number of aromatic nitrogens is 6. The SMILES string of the molecule is CC(Nc1ncnc2scc(Br)c12)c1nc2cccc(Cl)c2c(=O)n1-c1ccn[nH]1. The highest BCUT2D eigenvalue weighted by atomic mass is 79.9. The Kier molecular flexibility index (Phi) is 4.76. The van der Waals surface area contributed by atoms with Gasteiger partial charge in [-0.1, -0.05) is 17.7 Å². The molecule has 150 valence electrons. The number of thiophene rings is 1. The highest BCUT2D eigenvalue weighted by molar-refractivity contribution is 9.10. The largest absolute Gasteiger partial charge is 0.360 e. The fraction of sp³-hybridized carbons (Fsp3) is 0.105. The van der Waals surface area contributed by atoms with Crippen molar-refractivity contribution in [1.82, 2.24) is 29.7 Å². The number of rotatable bonds is 4. The third-order valence-electron chi connectivity index (χ3n) is 4.67. The van der Waals surface area contributed by atoms with Crippen LogP contribution in [0.15, 0.2) is 51.4 Å². The van der Waals surface area contributed by atoms with Gasteiger partial charge in [0.05, 0.1) is 33.6 Å². The number of hydrogen-bond donors (Lipinski definition) is 2. The molecule has 5 rings (SSSR count). The summed E-state index contributed by atoms with van der Waals surface area (Å²) in [5.41, 5.74) is 0.250. The van der Waals surface area contributed by atoms with Crippen LogP contribution in [0.5, 0.6) is 0 Å². The van der Waals surface area contributed by atoms with Gasteiger partial charge in [-0.15, -0.1) is 11.3 Å². The van der Waals surface area contributed by atoms with Crippen molar-refractivity contribution in [1.29, 1.82) is 0 Å². The molecule has 4 heterocycles. The molecule has 4 aromatic heterocycles. The van der Waals surface area contributed by atoms with Gasteiger partial charge < -0.3 is 5.32 Å². The molecule has 0 radical (unpaired) electrons. The molecule has 2 N–H and O–H groups in total. The molecule has 0 fully saturated rings. The van der Waals surface area contributed by atoms with Crippen molar-refractivity contribution in [2.75, 3.05) is 5.32 Å². The second-order valence-corrected chi connectivity index (χ2v) is 8.66. The van der Waals surface area contributed by atoms with Gasteiger partial charge in [0.2, 0.25) is 0 Å². The van der Waals surface area contributed by atoms with E-state index in [1.54, 1.807) is 30.5 Å². The minimum Gasteiger partial charge on any atom is -0.360 e. The molecule has 1 aromatic carbocycles. The summed E-state index contributed by atoms with van der Waals surface area (Å²) in [6.45, 7) is 1.92. The molecule has 1 atom stereocenters. The molecule has 0 saturated carbocycles. The summed E-state index contributed by atoms with van der Waals surface area (Å²) >= 11 is 11.4. The van der Waals surface area contributed by atoms with E-state index in [4.69, 9.17) is 16.6 Å². The van der Waals surface area contributed by atoms with Crippen LogP contribution in [0.3, 0.4) is 0 Å². The second-order valence-electron chi connectivity index (χ2n) is 6.54. The molecular weight excluding hydrogens is 490 g/mol. The van der Waals surface area contributed by atoms with Crippen molar-refractivity contribution in [2.24, 2.45) is 0 Å². The number of halogens is 2. The second kappa shape index (κ2) is 7.46. The quantitative estimate of drug-likeness (QED) is 0.369. The summed E-state index contributed by atoms with van der Waals surface area (Å²) in [6, 6.07) is 6.57. The number of fused-ring (bicyclic) bond motifs is 2. The van der Waals surface area contributed by atoms with Gasteiger partial charge in [-0.3, -0.25) is 9.89 Å². The van der Waals surface area contributed by atoms with Crippen molar-refractivity contribution in [3.8, 4) is 5.82 Å². The van der Waals surface area contributed by atoms with Gasteiger partial charge in [-0.25, -0.2) is 19.5 Å². The average molecular weight is 503 g/mol. The van der Waals surface area contributed by atoms with Crippen molar-refractivity contribution >= 4 is 65.8 Å². The molecule has 8 nitrogen and oxygen atoms in total. The molecule has 0 aliphatic rings. The van der Waals surface area contributed by atoms with E-state index >= 15 is 0 Å². The highest BCUT2D eigenvalue weighted by Crippen LogP contribution is 2.34. The van der Waals surface area contributed by atoms with Crippen LogP contribution >= 0.6 is 38.9 Å². The maximum absolute atomic E-state index is 13.4. The van der Waals surface area contributed by atoms with Gasteiger partial charge in [0.1, 0.15) is 28.6 Å². The van der Waals surface area contributed by atoms with Crippen LogP contribution in [0, 0.1) is 0 Å². The molecular formula is C19H13BrClN7OS. The maximum atomic E-state index is 13.4. The average Bonchev–Trinajstić information content (AvgIpc) is 3.38. The summed E-state index contributed by atoms with van der Waals surface area (Å²) < 4.78 is 2.39. The van der Waals surface area contributed by atoms with Crippen LogP contribution in [0.25, 0.3) is 26.9 Å². The molecule has 0 saturated heterocycles. The van der Waals surface area contributed by atoms with E-state index in [0.29, 0.717) is 33.4 Å². The van der Waals surface area contributed by atoms with E-state index in [2.05, 4.69) is 41.4 Å². The summed E-state index contributed by atoms with van der Waals surface area (Å²) in [5, 5.41) is 13.8. The van der Waals surface area contributed by atoms with E-state index in [1.165, 1.54) is 22.2 Å². The van der Waals surface area contributed by atoms with Crippen LogP contribution in [0.4, 0.5) is 5.82 Å². The Bertz CT molecular complexity index is 1450. The monoisotopic (exact) mass is 501 g/mol. The predicted molar refractivity (Wildman–Crippen MR) is 122 cm³/mol. The van der Waals surface area contributed by atoms with E-state index in [-0.39, 0.29) is 11.6 Å². The molecule has 30 heavy (non-hydrogen) atoms. The Hall–Kier alpha value is -2.82. The molecule has 0 spiro atoms. The smallest absolute Gasteiger partial charge is 0.268 e. The molecule has 0 aliphatic heterocycles. The van der Waals surface area contributed by atoms with E-state index in [1.807, 2.05) is 12.3 Å². The van der Waals surface area contributed by atoms with Crippen LogP contribution < -0.4 is 10.9 Å². The lowest BCUT2D eigenvalue weighted by molar-refractivity contribution is 0.720. The molecule has 11 heteroatoms.